The van der Waals surface area contributed by atoms with Crippen LogP contribution in [0.15, 0.2) is 47.7 Å². The van der Waals surface area contributed by atoms with E-state index in [-0.39, 0.29) is 40.9 Å². The first-order valence-corrected chi connectivity index (χ1v) is 11.6. The minimum Gasteiger partial charge on any atom is -0.374 e. The molecule has 2 aromatic heterocycles. The van der Waals surface area contributed by atoms with Crippen molar-refractivity contribution in [2.24, 2.45) is 0 Å². The molecule has 11 heteroatoms. The Morgan fingerprint density at radius 2 is 2.09 bits per heavy atom. The number of halogens is 3. The number of rotatable bonds is 4. The second kappa shape index (κ2) is 9.24. The summed E-state index contributed by atoms with van der Waals surface area (Å²) in [5.74, 6) is -0.672. The molecule has 0 saturated carbocycles. The van der Waals surface area contributed by atoms with E-state index in [1.165, 1.54) is 24.7 Å². The lowest BCUT2D eigenvalue weighted by molar-refractivity contribution is -0.131. The van der Waals surface area contributed by atoms with Crippen LogP contribution in [0.2, 0.25) is 10.0 Å². The first kappa shape index (κ1) is 23.2. The van der Waals surface area contributed by atoms with Gasteiger partial charge in [0.15, 0.2) is 5.82 Å². The van der Waals surface area contributed by atoms with Crippen LogP contribution in [0.1, 0.15) is 24.1 Å². The molecule has 8 nitrogen and oxygen atoms in total. The van der Waals surface area contributed by atoms with Crippen LogP contribution in [0.5, 0.6) is 0 Å². The number of fused-ring (bicyclic) bond motifs is 2. The summed E-state index contributed by atoms with van der Waals surface area (Å²) in [4.78, 5) is 42.3. The van der Waals surface area contributed by atoms with Crippen LogP contribution in [0.3, 0.4) is 0 Å². The average molecular weight is 513 g/mol. The van der Waals surface area contributed by atoms with E-state index in [1.807, 2.05) is 13.0 Å². The van der Waals surface area contributed by atoms with Crippen molar-refractivity contribution in [3.8, 4) is 11.5 Å². The van der Waals surface area contributed by atoms with Gasteiger partial charge in [0.2, 0.25) is 5.91 Å². The SMILES string of the molecule is CC1c2c(Cl)cc(Cl)cc2CCN1C(=O)CNc1cc2nc(-c3cnccn3)[nH]c(=O)c2cc1F. The molecule has 2 aromatic carbocycles. The van der Waals surface area contributed by atoms with Gasteiger partial charge in [0.1, 0.15) is 11.5 Å². The fourth-order valence-corrected chi connectivity index (χ4v) is 5.05. The quantitative estimate of drug-likeness (QED) is 0.420. The van der Waals surface area contributed by atoms with E-state index in [0.29, 0.717) is 28.7 Å². The Morgan fingerprint density at radius 1 is 1.26 bits per heavy atom. The number of carbonyl (C=O) groups is 1. The third-order valence-corrected chi connectivity index (χ3v) is 6.57. The van der Waals surface area contributed by atoms with Gasteiger partial charge in [-0.15, -0.1) is 0 Å². The molecule has 1 unspecified atom stereocenters. The fourth-order valence-electron chi connectivity index (χ4n) is 4.35. The molecule has 1 atom stereocenters. The van der Waals surface area contributed by atoms with Crippen molar-refractivity contribution in [2.45, 2.75) is 19.4 Å². The number of aromatic nitrogens is 4. The maximum absolute atomic E-state index is 14.8. The Kier molecular flexibility index (Phi) is 6.12. The highest BCUT2D eigenvalue weighted by atomic mass is 35.5. The Bertz CT molecular complexity index is 1510. The van der Waals surface area contributed by atoms with E-state index < -0.39 is 11.4 Å². The Hall–Kier alpha value is -3.56. The van der Waals surface area contributed by atoms with Gasteiger partial charge in [-0.3, -0.25) is 14.6 Å². The number of anilines is 1. The van der Waals surface area contributed by atoms with Gasteiger partial charge in [-0.05, 0) is 48.7 Å². The third-order valence-electron chi connectivity index (χ3n) is 6.04. The van der Waals surface area contributed by atoms with Crippen molar-refractivity contribution < 1.29 is 9.18 Å². The lowest BCUT2D eigenvalue weighted by atomic mass is 9.93. The summed E-state index contributed by atoms with van der Waals surface area (Å²) in [6.07, 6.45) is 5.06. The standard InChI is InChI=1S/C24H19Cl2FN6O2/c1-12-22-13(6-14(25)7-16(22)26)2-5-33(12)21(34)11-30-19-9-18-15(8-17(19)27)24(35)32-23(31-18)20-10-28-3-4-29-20/h3-4,6-10,12,30H,2,5,11H2,1H3,(H,31,32,35). The van der Waals surface area contributed by atoms with Gasteiger partial charge in [0.25, 0.3) is 5.56 Å². The maximum Gasteiger partial charge on any atom is 0.259 e. The second-order valence-corrected chi connectivity index (χ2v) is 9.03. The summed E-state index contributed by atoms with van der Waals surface area (Å²) < 4.78 is 14.8. The minimum atomic E-state index is -0.667. The van der Waals surface area contributed by atoms with Gasteiger partial charge >= 0.3 is 0 Å². The predicted molar refractivity (Wildman–Crippen MR) is 132 cm³/mol. The molecular formula is C24H19Cl2FN6O2. The van der Waals surface area contributed by atoms with Gasteiger partial charge < -0.3 is 15.2 Å². The first-order valence-electron chi connectivity index (χ1n) is 10.8. The van der Waals surface area contributed by atoms with E-state index in [9.17, 15) is 14.0 Å². The maximum atomic E-state index is 14.8. The molecule has 1 aliphatic rings. The average Bonchev–Trinajstić information content (AvgIpc) is 2.83. The number of nitrogens with one attached hydrogen (secondary N) is 2. The lowest BCUT2D eigenvalue weighted by Crippen LogP contribution is -2.42. The van der Waals surface area contributed by atoms with Gasteiger partial charge in [-0.2, -0.15) is 0 Å². The van der Waals surface area contributed by atoms with Gasteiger partial charge in [0.05, 0.1) is 35.4 Å². The van der Waals surface area contributed by atoms with Gasteiger partial charge in [0, 0.05) is 29.0 Å². The van der Waals surface area contributed by atoms with Crippen LogP contribution in [0.4, 0.5) is 10.1 Å². The zero-order chi connectivity index (χ0) is 24.7. The van der Waals surface area contributed by atoms with Crippen LogP contribution in [0.25, 0.3) is 22.4 Å². The molecule has 0 aliphatic carbocycles. The number of carbonyl (C=O) groups excluding carboxylic acids is 1. The summed E-state index contributed by atoms with van der Waals surface area (Å²) in [6, 6.07) is 5.78. The smallest absolute Gasteiger partial charge is 0.259 e. The molecule has 4 aromatic rings. The van der Waals surface area contributed by atoms with E-state index in [2.05, 4.69) is 25.3 Å². The van der Waals surface area contributed by atoms with E-state index in [0.717, 1.165) is 17.2 Å². The molecule has 3 heterocycles. The van der Waals surface area contributed by atoms with Gasteiger partial charge in [-0.1, -0.05) is 23.2 Å². The monoisotopic (exact) mass is 512 g/mol. The molecular weight excluding hydrogens is 494 g/mol. The Morgan fingerprint density at radius 3 is 2.86 bits per heavy atom. The van der Waals surface area contributed by atoms with E-state index in [1.54, 1.807) is 11.0 Å². The highest BCUT2D eigenvalue weighted by Crippen LogP contribution is 2.37. The Balaban J connectivity index is 1.38. The number of aromatic amines is 1. The van der Waals surface area contributed by atoms with E-state index >= 15 is 0 Å². The van der Waals surface area contributed by atoms with Crippen LogP contribution in [-0.2, 0) is 11.2 Å². The molecule has 5 rings (SSSR count). The van der Waals surface area contributed by atoms with Crippen LogP contribution >= 0.6 is 23.2 Å². The van der Waals surface area contributed by atoms with Crippen molar-refractivity contribution in [1.29, 1.82) is 0 Å². The summed E-state index contributed by atoms with van der Waals surface area (Å²) in [5.41, 5.74) is 2.07. The van der Waals surface area contributed by atoms with Crippen molar-refractivity contribution in [3.05, 3.63) is 80.2 Å². The molecule has 0 spiro atoms. The minimum absolute atomic E-state index is 0.0592. The molecule has 178 valence electrons. The molecule has 0 radical (unpaired) electrons. The molecule has 0 fully saturated rings. The largest absolute Gasteiger partial charge is 0.374 e. The van der Waals surface area contributed by atoms with Crippen LogP contribution in [0, 0.1) is 5.82 Å². The number of nitrogens with zero attached hydrogens (tertiary/aromatic N) is 4. The first-order chi connectivity index (χ1) is 16.8. The molecule has 2 N–H and O–H groups in total. The number of hydrogen-bond acceptors (Lipinski definition) is 6. The van der Waals surface area contributed by atoms with Crippen molar-refractivity contribution in [2.75, 3.05) is 18.4 Å². The zero-order valence-electron chi connectivity index (χ0n) is 18.5. The van der Waals surface area contributed by atoms with Crippen molar-refractivity contribution >= 4 is 45.7 Å². The van der Waals surface area contributed by atoms with Crippen LogP contribution in [-0.4, -0.2) is 43.8 Å². The summed E-state index contributed by atoms with van der Waals surface area (Å²) in [5, 5.41) is 4.01. The fraction of sp³-hybridized carbons (Fsp3) is 0.208. The second-order valence-electron chi connectivity index (χ2n) is 8.18. The van der Waals surface area contributed by atoms with Gasteiger partial charge in [-0.25, -0.2) is 14.4 Å². The molecule has 0 saturated heterocycles. The number of hydrogen-bond donors (Lipinski definition) is 2. The predicted octanol–water partition coefficient (Wildman–Crippen LogP) is 4.38. The van der Waals surface area contributed by atoms with E-state index in [4.69, 9.17) is 23.2 Å². The molecule has 1 aliphatic heterocycles. The summed E-state index contributed by atoms with van der Waals surface area (Å²) in [7, 11) is 0. The third kappa shape index (κ3) is 4.44. The topological polar surface area (TPSA) is 104 Å². The number of amides is 1. The number of benzene rings is 2. The highest BCUT2D eigenvalue weighted by Gasteiger charge is 2.29. The summed E-state index contributed by atoms with van der Waals surface area (Å²) in [6.45, 7) is 2.24. The van der Waals surface area contributed by atoms with Crippen LogP contribution < -0.4 is 10.9 Å². The summed E-state index contributed by atoms with van der Waals surface area (Å²) >= 11 is 12.5. The molecule has 0 bridgehead atoms. The molecule has 35 heavy (non-hydrogen) atoms. The lowest BCUT2D eigenvalue weighted by Gasteiger charge is -2.36. The zero-order valence-corrected chi connectivity index (χ0v) is 20.0. The highest BCUT2D eigenvalue weighted by molar-refractivity contribution is 6.35. The van der Waals surface area contributed by atoms with Crippen molar-refractivity contribution in [3.63, 3.8) is 0 Å². The number of H-pyrrole nitrogens is 1. The Labute approximate surface area is 209 Å². The van der Waals surface area contributed by atoms with Crippen molar-refractivity contribution in [1.82, 2.24) is 24.8 Å². The molecule has 1 amide bonds. The normalized spacial score (nSPS) is 15.2.